The Balaban J connectivity index is 2.25. The third-order valence-corrected chi connectivity index (χ3v) is 3.10. The number of aryl methyl sites for hydroxylation is 2. The monoisotopic (exact) mass is 264 g/mol. The van der Waals surface area contributed by atoms with Crippen LogP contribution in [0.4, 0.5) is 0 Å². The second-order valence-electron chi connectivity index (χ2n) is 3.72. The lowest BCUT2D eigenvalue weighted by Crippen LogP contribution is -1.91. The van der Waals surface area contributed by atoms with Crippen molar-refractivity contribution in [3.05, 3.63) is 51.3 Å². The summed E-state index contributed by atoms with van der Waals surface area (Å²) in [6, 6.07) is 8.41. The number of rotatable bonds is 2. The molecule has 0 amide bonds. The molecule has 0 aliphatic rings. The molecule has 0 saturated heterocycles. The van der Waals surface area contributed by atoms with Crippen LogP contribution in [0.2, 0.25) is 0 Å². The fraction of sp³-hybridized carbons (Fsp3) is 0.250. The van der Waals surface area contributed by atoms with Crippen LogP contribution in [0.5, 0.6) is 0 Å². The van der Waals surface area contributed by atoms with Crippen molar-refractivity contribution in [2.24, 2.45) is 0 Å². The largest absolute Gasteiger partial charge is 0.282 e. The fourth-order valence-electron chi connectivity index (χ4n) is 1.64. The number of benzene rings is 1. The van der Waals surface area contributed by atoms with Gasteiger partial charge in [-0.2, -0.15) is 5.10 Å². The summed E-state index contributed by atoms with van der Waals surface area (Å²) >= 11 is 3.43. The van der Waals surface area contributed by atoms with Gasteiger partial charge in [0.15, 0.2) is 0 Å². The van der Waals surface area contributed by atoms with Gasteiger partial charge in [0.05, 0.1) is 5.69 Å². The van der Waals surface area contributed by atoms with E-state index in [0.29, 0.717) is 0 Å². The molecular weight excluding hydrogens is 252 g/mol. The zero-order valence-electron chi connectivity index (χ0n) is 8.84. The van der Waals surface area contributed by atoms with Crippen molar-refractivity contribution in [3.63, 3.8) is 0 Å². The maximum Gasteiger partial charge on any atom is 0.0629 e. The molecule has 1 heterocycles. The summed E-state index contributed by atoms with van der Waals surface area (Å²) in [5.41, 5.74) is 4.87. The van der Waals surface area contributed by atoms with E-state index in [0.717, 1.165) is 22.3 Å². The first kappa shape index (κ1) is 10.4. The first-order chi connectivity index (χ1) is 7.16. The van der Waals surface area contributed by atoms with Crippen LogP contribution in [0, 0.1) is 13.8 Å². The van der Waals surface area contributed by atoms with Gasteiger partial charge in [0.1, 0.15) is 0 Å². The molecule has 0 aliphatic carbocycles. The molecule has 0 spiro atoms. The number of hydrogen-bond acceptors (Lipinski definition) is 1. The summed E-state index contributed by atoms with van der Waals surface area (Å²) in [5.74, 6) is 0. The van der Waals surface area contributed by atoms with Crippen LogP contribution in [-0.4, -0.2) is 10.2 Å². The molecule has 78 valence electrons. The van der Waals surface area contributed by atoms with Crippen LogP contribution in [0.1, 0.15) is 22.5 Å². The second-order valence-corrected chi connectivity index (χ2v) is 4.63. The number of halogens is 1. The van der Waals surface area contributed by atoms with E-state index in [1.165, 1.54) is 11.1 Å². The molecule has 1 N–H and O–H groups in total. The molecule has 0 atom stereocenters. The van der Waals surface area contributed by atoms with Gasteiger partial charge in [-0.25, -0.2) is 0 Å². The highest BCUT2D eigenvalue weighted by Crippen LogP contribution is 2.17. The molecule has 2 aromatic rings. The maximum absolute atomic E-state index is 4.20. The summed E-state index contributed by atoms with van der Waals surface area (Å²) < 4.78 is 1.12. The van der Waals surface area contributed by atoms with Crippen LogP contribution >= 0.6 is 15.9 Å². The van der Waals surface area contributed by atoms with E-state index in [4.69, 9.17) is 0 Å². The van der Waals surface area contributed by atoms with E-state index in [2.05, 4.69) is 57.3 Å². The Morgan fingerprint density at radius 3 is 2.40 bits per heavy atom. The highest BCUT2D eigenvalue weighted by molar-refractivity contribution is 9.10. The molecule has 0 bridgehead atoms. The molecular formula is C12H13BrN2. The summed E-state index contributed by atoms with van der Waals surface area (Å²) in [6.07, 6.45) is 0.946. The smallest absolute Gasteiger partial charge is 0.0629 e. The summed E-state index contributed by atoms with van der Waals surface area (Å²) in [7, 11) is 0. The predicted octanol–water partition coefficient (Wildman–Crippen LogP) is 3.38. The van der Waals surface area contributed by atoms with E-state index in [9.17, 15) is 0 Å². The molecule has 3 heteroatoms. The summed E-state index contributed by atoms with van der Waals surface area (Å²) in [6.45, 7) is 4.10. The maximum atomic E-state index is 4.20. The quantitative estimate of drug-likeness (QED) is 0.885. The third kappa shape index (κ3) is 2.29. The molecule has 0 aliphatic heterocycles. The van der Waals surface area contributed by atoms with Crippen molar-refractivity contribution in [2.45, 2.75) is 20.3 Å². The molecule has 0 fully saturated rings. The van der Waals surface area contributed by atoms with Crippen molar-refractivity contribution in [2.75, 3.05) is 0 Å². The van der Waals surface area contributed by atoms with E-state index >= 15 is 0 Å². The van der Waals surface area contributed by atoms with Gasteiger partial charge in [0.2, 0.25) is 0 Å². The molecule has 1 aromatic carbocycles. The fourth-order valence-corrected chi connectivity index (χ4v) is 1.91. The van der Waals surface area contributed by atoms with Crippen LogP contribution in [0.25, 0.3) is 0 Å². The second kappa shape index (κ2) is 4.19. The van der Waals surface area contributed by atoms with Gasteiger partial charge in [-0.1, -0.05) is 28.1 Å². The van der Waals surface area contributed by atoms with Gasteiger partial charge in [-0.3, -0.25) is 5.10 Å². The third-order valence-electron chi connectivity index (χ3n) is 2.57. The minimum absolute atomic E-state index is 0.946. The first-order valence-corrected chi connectivity index (χ1v) is 5.71. The standard InChI is InChI=1S/C12H13BrN2/c1-8-12(9(2)15-14-8)7-10-3-5-11(13)6-4-10/h3-6H,7H2,1-2H3,(H,14,15). The molecule has 0 radical (unpaired) electrons. The Labute approximate surface area is 97.8 Å². The zero-order valence-corrected chi connectivity index (χ0v) is 10.4. The first-order valence-electron chi connectivity index (χ1n) is 4.91. The van der Waals surface area contributed by atoms with E-state index in [-0.39, 0.29) is 0 Å². The van der Waals surface area contributed by atoms with E-state index in [1.54, 1.807) is 0 Å². The van der Waals surface area contributed by atoms with Crippen LogP contribution in [0.3, 0.4) is 0 Å². The Morgan fingerprint density at radius 2 is 1.87 bits per heavy atom. The van der Waals surface area contributed by atoms with Gasteiger partial charge >= 0.3 is 0 Å². The Kier molecular flexibility index (Phi) is 2.91. The number of nitrogens with zero attached hydrogens (tertiary/aromatic N) is 1. The van der Waals surface area contributed by atoms with Gasteiger partial charge in [0.25, 0.3) is 0 Å². The average molecular weight is 265 g/mol. The van der Waals surface area contributed by atoms with Crippen LogP contribution in [0.15, 0.2) is 28.7 Å². The van der Waals surface area contributed by atoms with Gasteiger partial charge < -0.3 is 0 Å². The van der Waals surface area contributed by atoms with Crippen molar-refractivity contribution in [1.29, 1.82) is 0 Å². The minimum atomic E-state index is 0.946. The van der Waals surface area contributed by atoms with Crippen molar-refractivity contribution in [3.8, 4) is 0 Å². The Hall–Kier alpha value is -1.09. The number of H-pyrrole nitrogens is 1. The Morgan fingerprint density at radius 1 is 1.20 bits per heavy atom. The van der Waals surface area contributed by atoms with Gasteiger partial charge in [-0.05, 0) is 31.5 Å². The lowest BCUT2D eigenvalue weighted by molar-refractivity contribution is 1.02. The van der Waals surface area contributed by atoms with Gasteiger partial charge in [-0.15, -0.1) is 0 Å². The molecule has 0 unspecified atom stereocenters. The van der Waals surface area contributed by atoms with E-state index in [1.807, 2.05) is 6.92 Å². The number of hydrogen-bond donors (Lipinski definition) is 1. The molecule has 2 rings (SSSR count). The van der Waals surface area contributed by atoms with Crippen molar-refractivity contribution < 1.29 is 0 Å². The molecule has 1 aromatic heterocycles. The zero-order chi connectivity index (χ0) is 10.8. The normalized spacial score (nSPS) is 10.6. The highest BCUT2D eigenvalue weighted by Gasteiger charge is 2.06. The van der Waals surface area contributed by atoms with Gasteiger partial charge in [0, 0.05) is 22.2 Å². The van der Waals surface area contributed by atoms with Crippen LogP contribution < -0.4 is 0 Å². The number of aromatic amines is 1. The highest BCUT2D eigenvalue weighted by atomic mass is 79.9. The Bertz CT molecular complexity index is 437. The lowest BCUT2D eigenvalue weighted by Gasteiger charge is -2.02. The topological polar surface area (TPSA) is 28.7 Å². The SMILES string of the molecule is Cc1n[nH]c(C)c1Cc1ccc(Br)cc1. The molecule has 15 heavy (non-hydrogen) atoms. The molecule has 0 saturated carbocycles. The summed E-state index contributed by atoms with van der Waals surface area (Å²) in [4.78, 5) is 0. The lowest BCUT2D eigenvalue weighted by atomic mass is 10.0. The van der Waals surface area contributed by atoms with E-state index < -0.39 is 0 Å². The number of nitrogens with one attached hydrogen (secondary N) is 1. The average Bonchev–Trinajstić information content (AvgIpc) is 2.53. The van der Waals surface area contributed by atoms with Crippen molar-refractivity contribution in [1.82, 2.24) is 10.2 Å². The minimum Gasteiger partial charge on any atom is -0.282 e. The number of aromatic nitrogens is 2. The van der Waals surface area contributed by atoms with Crippen molar-refractivity contribution >= 4 is 15.9 Å². The van der Waals surface area contributed by atoms with Crippen LogP contribution in [-0.2, 0) is 6.42 Å². The predicted molar refractivity (Wildman–Crippen MR) is 65.0 cm³/mol. The summed E-state index contributed by atoms with van der Waals surface area (Å²) in [5, 5.41) is 7.20. The molecule has 2 nitrogen and oxygen atoms in total.